The molecule has 21 heavy (non-hydrogen) atoms. The van der Waals surface area contributed by atoms with Gasteiger partial charge >= 0.3 is 0 Å². The van der Waals surface area contributed by atoms with E-state index >= 15 is 0 Å². The Morgan fingerprint density at radius 1 is 1.19 bits per heavy atom. The van der Waals surface area contributed by atoms with Crippen LogP contribution < -0.4 is 5.43 Å². The molecule has 0 bridgehead atoms. The molecule has 4 heteroatoms. The number of carbonyl (C=O) groups is 1. The summed E-state index contributed by atoms with van der Waals surface area (Å²) in [6.07, 6.45) is 5.03. The molecular weight excluding hydrogens is 262 g/mol. The number of benzene rings is 1. The standard InChI is InChI=1S/C17H17N3O/c1-12-9-16(21)19-20-17(12)15-6-4-13(5-7-15)10-14-3-2-8-18-11-14/h2-8,11-12H,9-10H2,1H3,(H,19,21). The summed E-state index contributed by atoms with van der Waals surface area (Å²) < 4.78 is 0. The third kappa shape index (κ3) is 3.16. The Hall–Kier alpha value is -2.49. The van der Waals surface area contributed by atoms with Crippen molar-refractivity contribution in [3.8, 4) is 0 Å². The zero-order valence-corrected chi connectivity index (χ0v) is 11.9. The fourth-order valence-corrected chi connectivity index (χ4v) is 2.53. The largest absolute Gasteiger partial charge is 0.273 e. The third-order valence-corrected chi connectivity index (χ3v) is 3.64. The number of rotatable bonds is 3. The number of hydrazone groups is 1. The van der Waals surface area contributed by atoms with Gasteiger partial charge in [-0.3, -0.25) is 9.78 Å². The Bertz CT molecular complexity index is 662. The van der Waals surface area contributed by atoms with Crippen LogP contribution in [0.1, 0.15) is 30.0 Å². The van der Waals surface area contributed by atoms with E-state index in [9.17, 15) is 4.79 Å². The van der Waals surface area contributed by atoms with Gasteiger partial charge in [-0.15, -0.1) is 0 Å². The van der Waals surface area contributed by atoms with Gasteiger partial charge in [0.2, 0.25) is 5.91 Å². The van der Waals surface area contributed by atoms with Crippen LogP contribution in [0.25, 0.3) is 0 Å². The highest BCUT2D eigenvalue weighted by Gasteiger charge is 2.21. The van der Waals surface area contributed by atoms with Gasteiger partial charge in [-0.25, -0.2) is 5.43 Å². The van der Waals surface area contributed by atoms with Crippen molar-refractivity contribution in [2.45, 2.75) is 19.8 Å². The molecule has 2 heterocycles. The summed E-state index contributed by atoms with van der Waals surface area (Å²) in [5, 5.41) is 4.18. The van der Waals surface area contributed by atoms with Gasteiger partial charge in [0.1, 0.15) is 0 Å². The van der Waals surface area contributed by atoms with E-state index in [2.05, 4.69) is 45.8 Å². The monoisotopic (exact) mass is 279 g/mol. The van der Waals surface area contributed by atoms with Gasteiger partial charge < -0.3 is 0 Å². The van der Waals surface area contributed by atoms with Crippen molar-refractivity contribution in [3.05, 3.63) is 65.5 Å². The smallest absolute Gasteiger partial charge is 0.240 e. The van der Waals surface area contributed by atoms with Gasteiger partial charge in [0.15, 0.2) is 0 Å². The van der Waals surface area contributed by atoms with Crippen LogP contribution >= 0.6 is 0 Å². The van der Waals surface area contributed by atoms with Crippen molar-refractivity contribution in [2.24, 2.45) is 11.0 Å². The summed E-state index contributed by atoms with van der Waals surface area (Å²) in [4.78, 5) is 15.4. The second-order valence-electron chi connectivity index (χ2n) is 5.37. The van der Waals surface area contributed by atoms with Crippen molar-refractivity contribution in [1.82, 2.24) is 10.4 Å². The van der Waals surface area contributed by atoms with Crippen LogP contribution in [-0.2, 0) is 11.2 Å². The molecule has 4 nitrogen and oxygen atoms in total. The number of nitrogens with zero attached hydrogens (tertiary/aromatic N) is 2. The zero-order chi connectivity index (χ0) is 14.7. The summed E-state index contributed by atoms with van der Waals surface area (Å²) in [5.41, 5.74) is 7.00. The molecule has 1 amide bonds. The normalized spacial score (nSPS) is 18.0. The molecule has 0 saturated carbocycles. The van der Waals surface area contributed by atoms with Crippen molar-refractivity contribution in [3.63, 3.8) is 0 Å². The molecule has 0 radical (unpaired) electrons. The lowest BCUT2D eigenvalue weighted by Gasteiger charge is -2.19. The molecule has 2 aromatic rings. The highest BCUT2D eigenvalue weighted by atomic mass is 16.2. The minimum Gasteiger partial charge on any atom is -0.273 e. The van der Waals surface area contributed by atoms with Crippen LogP contribution in [0.5, 0.6) is 0 Å². The van der Waals surface area contributed by atoms with Crippen LogP contribution in [-0.4, -0.2) is 16.6 Å². The highest BCUT2D eigenvalue weighted by Crippen LogP contribution is 2.18. The van der Waals surface area contributed by atoms with Gasteiger partial charge in [0.05, 0.1) is 5.71 Å². The molecule has 0 fully saturated rings. The van der Waals surface area contributed by atoms with Gasteiger partial charge in [-0.1, -0.05) is 37.3 Å². The first-order valence-electron chi connectivity index (χ1n) is 7.07. The summed E-state index contributed by atoms with van der Waals surface area (Å²) in [5.74, 6) is 0.141. The van der Waals surface area contributed by atoms with E-state index in [0.29, 0.717) is 6.42 Å². The lowest BCUT2D eigenvalue weighted by atomic mass is 9.93. The maximum absolute atomic E-state index is 11.3. The maximum Gasteiger partial charge on any atom is 0.240 e. The van der Waals surface area contributed by atoms with Crippen LogP contribution in [0.2, 0.25) is 0 Å². The number of hydrogen-bond donors (Lipinski definition) is 1. The van der Waals surface area contributed by atoms with Crippen molar-refractivity contribution < 1.29 is 4.79 Å². The van der Waals surface area contributed by atoms with Crippen molar-refractivity contribution in [2.75, 3.05) is 0 Å². The van der Waals surface area contributed by atoms with Gasteiger partial charge in [-0.05, 0) is 29.2 Å². The number of aromatic nitrogens is 1. The van der Waals surface area contributed by atoms with Crippen molar-refractivity contribution >= 4 is 11.6 Å². The quantitative estimate of drug-likeness (QED) is 0.938. The lowest BCUT2D eigenvalue weighted by molar-refractivity contribution is -0.121. The first kappa shape index (κ1) is 13.5. The fraction of sp³-hybridized carbons (Fsp3) is 0.235. The van der Waals surface area contributed by atoms with Crippen LogP contribution in [0.4, 0.5) is 0 Å². The molecule has 0 saturated heterocycles. The van der Waals surface area contributed by atoms with E-state index < -0.39 is 0 Å². The first-order valence-corrected chi connectivity index (χ1v) is 7.07. The number of carbonyl (C=O) groups excluding carboxylic acids is 1. The molecule has 3 rings (SSSR count). The molecule has 1 aliphatic heterocycles. The highest BCUT2D eigenvalue weighted by molar-refractivity contribution is 6.05. The molecule has 0 spiro atoms. The predicted octanol–water partition coefficient (Wildman–Crippen LogP) is 2.53. The summed E-state index contributed by atoms with van der Waals surface area (Å²) >= 11 is 0. The van der Waals surface area contributed by atoms with E-state index in [1.807, 2.05) is 19.2 Å². The molecule has 1 aromatic heterocycles. The number of pyridine rings is 1. The van der Waals surface area contributed by atoms with Gasteiger partial charge in [0.25, 0.3) is 0 Å². The molecular formula is C17H17N3O. The Balaban J connectivity index is 1.77. The van der Waals surface area contributed by atoms with E-state index in [-0.39, 0.29) is 11.8 Å². The predicted molar refractivity (Wildman–Crippen MR) is 81.9 cm³/mol. The Labute approximate surface area is 123 Å². The molecule has 1 aromatic carbocycles. The van der Waals surface area contributed by atoms with Gasteiger partial charge in [0, 0.05) is 24.7 Å². The maximum atomic E-state index is 11.3. The average Bonchev–Trinajstić information content (AvgIpc) is 2.49. The molecule has 1 unspecified atom stereocenters. The topological polar surface area (TPSA) is 54.4 Å². The summed E-state index contributed by atoms with van der Waals surface area (Å²) in [6.45, 7) is 2.03. The van der Waals surface area contributed by atoms with E-state index in [1.165, 1.54) is 11.1 Å². The second-order valence-corrected chi connectivity index (χ2v) is 5.37. The fourth-order valence-electron chi connectivity index (χ4n) is 2.53. The zero-order valence-electron chi connectivity index (χ0n) is 11.9. The van der Waals surface area contributed by atoms with Gasteiger partial charge in [-0.2, -0.15) is 5.10 Å². The number of amides is 1. The average molecular weight is 279 g/mol. The molecule has 1 aliphatic rings. The molecule has 1 N–H and O–H groups in total. The summed E-state index contributed by atoms with van der Waals surface area (Å²) in [7, 11) is 0. The molecule has 1 atom stereocenters. The van der Waals surface area contributed by atoms with Crippen LogP contribution in [0.15, 0.2) is 53.9 Å². The minimum atomic E-state index is -0.0144. The van der Waals surface area contributed by atoms with E-state index in [4.69, 9.17) is 0 Å². The second kappa shape index (κ2) is 5.87. The van der Waals surface area contributed by atoms with Crippen molar-refractivity contribution in [1.29, 1.82) is 0 Å². The Morgan fingerprint density at radius 2 is 2.00 bits per heavy atom. The third-order valence-electron chi connectivity index (χ3n) is 3.64. The van der Waals surface area contributed by atoms with Crippen LogP contribution in [0, 0.1) is 5.92 Å². The van der Waals surface area contributed by atoms with E-state index in [1.54, 1.807) is 6.20 Å². The van der Waals surface area contributed by atoms with Crippen LogP contribution in [0.3, 0.4) is 0 Å². The molecule has 106 valence electrons. The minimum absolute atomic E-state index is 0.0144. The number of hydrogen-bond acceptors (Lipinski definition) is 3. The first-order chi connectivity index (χ1) is 10.2. The Morgan fingerprint density at radius 3 is 2.67 bits per heavy atom. The SMILES string of the molecule is CC1CC(=O)NN=C1c1ccc(Cc2cccnc2)cc1. The van der Waals surface area contributed by atoms with E-state index in [0.717, 1.165) is 17.7 Å². The number of nitrogens with one attached hydrogen (secondary N) is 1. The lowest BCUT2D eigenvalue weighted by Crippen LogP contribution is -2.31. The Kier molecular flexibility index (Phi) is 3.77. The summed E-state index contributed by atoms with van der Waals surface area (Å²) in [6, 6.07) is 12.4. The molecule has 0 aliphatic carbocycles.